The summed E-state index contributed by atoms with van der Waals surface area (Å²) in [5.41, 5.74) is 0. The fourth-order valence-electron chi connectivity index (χ4n) is 3.46. The van der Waals surface area contributed by atoms with E-state index in [1.807, 2.05) is 0 Å². The molecule has 2 aliphatic heterocycles. The summed E-state index contributed by atoms with van der Waals surface area (Å²) < 4.78 is 10.7. The number of amides is 1. The van der Waals surface area contributed by atoms with Crippen LogP contribution in [0.15, 0.2) is 0 Å². The third-order valence-corrected chi connectivity index (χ3v) is 5.01. The fraction of sp³-hybridized carbons (Fsp3) is 0.812. The number of ketones is 1. The van der Waals surface area contributed by atoms with E-state index in [0.29, 0.717) is 25.7 Å². The maximum Gasteiger partial charge on any atom is 0.326 e. The average molecular weight is 343 g/mol. The Morgan fingerprint density at radius 2 is 1.92 bits per heavy atom. The summed E-state index contributed by atoms with van der Waals surface area (Å²) in [4.78, 5) is 37.6. The molecule has 0 aromatic carbocycles. The molecule has 0 radical (unpaired) electrons. The van der Waals surface area contributed by atoms with Crippen molar-refractivity contribution >= 4 is 17.7 Å². The molecule has 1 amide bonds. The first-order chi connectivity index (χ1) is 11.2. The highest BCUT2D eigenvalue weighted by Crippen LogP contribution is 2.35. The molecule has 2 fully saturated rings. The second kappa shape index (κ2) is 7.16. The van der Waals surface area contributed by atoms with E-state index in [1.165, 1.54) is 7.11 Å². The predicted molar refractivity (Wildman–Crippen MR) is 82.1 cm³/mol. The van der Waals surface area contributed by atoms with Crippen LogP contribution in [0.25, 0.3) is 0 Å². The van der Waals surface area contributed by atoms with Crippen molar-refractivity contribution in [1.82, 2.24) is 4.90 Å². The summed E-state index contributed by atoms with van der Waals surface area (Å²) in [6.07, 6.45) is 1.11. The first-order valence-electron chi connectivity index (χ1n) is 8.23. The van der Waals surface area contributed by atoms with E-state index in [1.54, 1.807) is 13.8 Å². The number of hydrogen-bond donors (Lipinski definition) is 2. The Kier molecular flexibility index (Phi) is 5.62. The van der Waals surface area contributed by atoms with Crippen LogP contribution >= 0.6 is 0 Å². The molecule has 0 spiro atoms. The first kappa shape index (κ1) is 18.8. The average Bonchev–Trinajstić information content (AvgIpc) is 2.56. The van der Waals surface area contributed by atoms with Gasteiger partial charge >= 0.3 is 5.97 Å². The van der Waals surface area contributed by atoms with Gasteiger partial charge in [-0.2, -0.15) is 0 Å². The van der Waals surface area contributed by atoms with Gasteiger partial charge in [-0.25, -0.2) is 4.79 Å². The molecule has 2 rings (SSSR count). The van der Waals surface area contributed by atoms with E-state index in [0.717, 1.165) is 4.90 Å². The second-order valence-electron chi connectivity index (χ2n) is 6.61. The van der Waals surface area contributed by atoms with Crippen LogP contribution in [0, 0.1) is 5.92 Å². The molecule has 2 heterocycles. The van der Waals surface area contributed by atoms with Crippen molar-refractivity contribution in [2.45, 2.75) is 63.6 Å². The van der Waals surface area contributed by atoms with Gasteiger partial charge in [0.15, 0.2) is 0 Å². The molecule has 5 atom stereocenters. The number of methoxy groups -OCH3 is 1. The van der Waals surface area contributed by atoms with Crippen LogP contribution in [0.5, 0.6) is 0 Å². The zero-order valence-corrected chi connectivity index (χ0v) is 14.2. The van der Waals surface area contributed by atoms with Crippen LogP contribution in [0.2, 0.25) is 0 Å². The summed E-state index contributed by atoms with van der Waals surface area (Å²) >= 11 is 0. The number of aliphatic hydroxyl groups is 1. The lowest BCUT2D eigenvalue weighted by molar-refractivity contribution is -0.282. The highest BCUT2D eigenvalue weighted by molar-refractivity contribution is 6.39. The molecular formula is C16H25NO7. The maximum absolute atomic E-state index is 12.6. The quantitative estimate of drug-likeness (QED) is 0.700. The minimum Gasteiger partial charge on any atom is -0.480 e. The lowest BCUT2D eigenvalue weighted by atomic mass is 9.85. The summed E-state index contributed by atoms with van der Waals surface area (Å²) in [6, 6.07) is -1.04. The van der Waals surface area contributed by atoms with Crippen molar-refractivity contribution < 1.29 is 34.1 Å². The third-order valence-electron chi connectivity index (χ3n) is 5.01. The summed E-state index contributed by atoms with van der Waals surface area (Å²) in [6.45, 7) is 3.44. The SMILES string of the molecule is COC1CC(C)C(O)(C(=O)C(=O)N2CCCCC2C(=O)O)OC1C. The number of ether oxygens (including phenoxy) is 2. The van der Waals surface area contributed by atoms with Gasteiger partial charge in [0.1, 0.15) is 6.04 Å². The number of carboxylic acid groups (broad SMARTS) is 1. The van der Waals surface area contributed by atoms with Crippen LogP contribution in [0.1, 0.15) is 39.5 Å². The van der Waals surface area contributed by atoms with Crippen molar-refractivity contribution in [3.63, 3.8) is 0 Å². The van der Waals surface area contributed by atoms with Crippen molar-refractivity contribution in [3.8, 4) is 0 Å². The van der Waals surface area contributed by atoms with E-state index in [-0.39, 0.29) is 12.6 Å². The summed E-state index contributed by atoms with van der Waals surface area (Å²) in [7, 11) is 1.51. The van der Waals surface area contributed by atoms with E-state index in [9.17, 15) is 24.6 Å². The van der Waals surface area contributed by atoms with Crippen LogP contribution in [0.4, 0.5) is 0 Å². The monoisotopic (exact) mass is 343 g/mol. The summed E-state index contributed by atoms with van der Waals surface area (Å²) in [5.74, 6) is -6.16. The molecule has 2 N–H and O–H groups in total. The van der Waals surface area contributed by atoms with E-state index in [4.69, 9.17) is 9.47 Å². The minimum absolute atomic E-state index is 0.183. The zero-order valence-electron chi connectivity index (χ0n) is 14.2. The Morgan fingerprint density at radius 3 is 2.50 bits per heavy atom. The molecule has 2 saturated heterocycles. The van der Waals surface area contributed by atoms with Gasteiger partial charge in [0, 0.05) is 19.6 Å². The Bertz CT molecular complexity index is 523. The zero-order chi connectivity index (χ0) is 18.1. The van der Waals surface area contributed by atoms with Gasteiger partial charge < -0.3 is 24.6 Å². The number of aliphatic carboxylic acids is 1. The Morgan fingerprint density at radius 1 is 1.25 bits per heavy atom. The molecule has 0 saturated carbocycles. The number of rotatable bonds is 4. The van der Waals surface area contributed by atoms with E-state index in [2.05, 4.69) is 0 Å². The highest BCUT2D eigenvalue weighted by atomic mass is 16.7. The topological polar surface area (TPSA) is 113 Å². The fourth-order valence-corrected chi connectivity index (χ4v) is 3.46. The normalized spacial score (nSPS) is 37.1. The van der Waals surface area contributed by atoms with Gasteiger partial charge in [-0.3, -0.25) is 9.59 Å². The lowest BCUT2D eigenvalue weighted by Gasteiger charge is -2.43. The van der Waals surface area contributed by atoms with Gasteiger partial charge in [-0.15, -0.1) is 0 Å². The van der Waals surface area contributed by atoms with Gasteiger partial charge in [-0.1, -0.05) is 6.92 Å². The van der Waals surface area contributed by atoms with Gasteiger partial charge in [0.2, 0.25) is 5.79 Å². The molecule has 8 nitrogen and oxygen atoms in total. The standard InChI is InChI=1S/C16H25NO7/c1-9-8-12(23-3)10(2)24-16(9,22)13(18)14(19)17-7-5-4-6-11(17)15(20)21/h9-12,22H,4-8H2,1-3H3,(H,20,21). The Balaban J connectivity index is 2.19. The number of carbonyl (C=O) groups is 3. The van der Waals surface area contributed by atoms with Crippen LogP contribution in [0.3, 0.4) is 0 Å². The number of hydrogen-bond acceptors (Lipinski definition) is 6. The van der Waals surface area contributed by atoms with Crippen molar-refractivity contribution in [3.05, 3.63) is 0 Å². The van der Waals surface area contributed by atoms with Gasteiger partial charge in [0.05, 0.1) is 12.2 Å². The van der Waals surface area contributed by atoms with Crippen molar-refractivity contribution in [1.29, 1.82) is 0 Å². The molecule has 8 heteroatoms. The molecule has 5 unspecified atom stereocenters. The maximum atomic E-state index is 12.6. The highest BCUT2D eigenvalue weighted by Gasteiger charge is 2.54. The van der Waals surface area contributed by atoms with Crippen molar-refractivity contribution in [2.24, 2.45) is 5.92 Å². The largest absolute Gasteiger partial charge is 0.480 e. The number of Topliss-reactive ketones (excluding diaryl/α,β-unsaturated/α-hetero) is 1. The number of likely N-dealkylation sites (tertiary alicyclic amines) is 1. The summed E-state index contributed by atoms with van der Waals surface area (Å²) in [5, 5.41) is 20.0. The first-order valence-corrected chi connectivity index (χ1v) is 8.23. The number of carbonyl (C=O) groups excluding carboxylic acids is 2. The lowest BCUT2D eigenvalue weighted by Crippen LogP contribution is -2.62. The molecule has 0 aromatic rings. The molecule has 136 valence electrons. The predicted octanol–water partition coefficient (Wildman–Crippen LogP) is 0.170. The van der Waals surface area contributed by atoms with Crippen LogP contribution in [-0.4, -0.2) is 70.5 Å². The molecule has 0 bridgehead atoms. The Hall–Kier alpha value is -1.51. The van der Waals surface area contributed by atoms with Crippen LogP contribution < -0.4 is 0 Å². The van der Waals surface area contributed by atoms with E-state index < -0.39 is 41.5 Å². The smallest absolute Gasteiger partial charge is 0.326 e. The molecular weight excluding hydrogens is 318 g/mol. The number of nitrogens with zero attached hydrogens (tertiary/aromatic N) is 1. The third kappa shape index (κ3) is 3.31. The second-order valence-corrected chi connectivity index (χ2v) is 6.61. The molecule has 24 heavy (non-hydrogen) atoms. The van der Waals surface area contributed by atoms with Crippen molar-refractivity contribution in [2.75, 3.05) is 13.7 Å². The number of piperidine rings is 1. The molecule has 2 aliphatic rings. The number of carboxylic acids is 1. The molecule has 0 aromatic heterocycles. The Labute approximate surface area is 140 Å². The molecule has 0 aliphatic carbocycles. The minimum atomic E-state index is -2.26. The van der Waals surface area contributed by atoms with Crippen LogP contribution in [-0.2, 0) is 23.9 Å². The van der Waals surface area contributed by atoms with Gasteiger partial charge in [0.25, 0.3) is 11.7 Å². The van der Waals surface area contributed by atoms with Gasteiger partial charge in [-0.05, 0) is 32.6 Å². The van der Waals surface area contributed by atoms with E-state index >= 15 is 0 Å².